The van der Waals surface area contributed by atoms with E-state index in [2.05, 4.69) is 57.0 Å². The van der Waals surface area contributed by atoms with Gasteiger partial charge in [-0.3, -0.25) is 4.90 Å². The lowest BCUT2D eigenvalue weighted by molar-refractivity contribution is 0.112. The van der Waals surface area contributed by atoms with Crippen LogP contribution in [0.5, 0.6) is 0 Å². The third-order valence-corrected chi connectivity index (χ3v) is 4.94. The Morgan fingerprint density at radius 3 is 2.60 bits per heavy atom. The van der Waals surface area contributed by atoms with Gasteiger partial charge in [-0.15, -0.1) is 11.3 Å². The number of rotatable bonds is 4. The summed E-state index contributed by atoms with van der Waals surface area (Å²) in [5, 5.41) is 3.57. The Morgan fingerprint density at radius 1 is 1.25 bits per heavy atom. The fraction of sp³-hybridized carbons (Fsp3) is 0.765. The number of nitrogens with one attached hydrogen (secondary N) is 1. The van der Waals surface area contributed by atoms with Gasteiger partial charge in [-0.1, -0.05) is 13.8 Å². The highest BCUT2D eigenvalue weighted by atomic mass is 32.1. The van der Waals surface area contributed by atoms with Gasteiger partial charge in [-0.25, -0.2) is 0 Å². The lowest BCUT2D eigenvalue weighted by Gasteiger charge is -2.37. The molecule has 0 amide bonds. The molecule has 3 heteroatoms. The predicted octanol–water partition coefficient (Wildman–Crippen LogP) is 4.26. The Balaban J connectivity index is 1.86. The molecule has 0 spiro atoms. The van der Waals surface area contributed by atoms with Crippen molar-refractivity contribution < 1.29 is 0 Å². The maximum atomic E-state index is 3.57. The van der Waals surface area contributed by atoms with E-state index in [1.54, 1.807) is 0 Å². The summed E-state index contributed by atoms with van der Waals surface area (Å²) >= 11 is 1.96. The first-order valence-corrected chi connectivity index (χ1v) is 8.60. The minimum absolute atomic E-state index is 0.195. The summed E-state index contributed by atoms with van der Waals surface area (Å²) in [4.78, 5) is 5.58. The number of thiophene rings is 1. The highest BCUT2D eigenvalue weighted by Crippen LogP contribution is 2.30. The average Bonchev–Trinajstić information content (AvgIpc) is 2.72. The molecule has 1 aliphatic rings. The van der Waals surface area contributed by atoms with Crippen LogP contribution in [0.2, 0.25) is 0 Å². The summed E-state index contributed by atoms with van der Waals surface area (Å²) in [6.45, 7) is 16.1. The number of likely N-dealkylation sites (tertiary alicyclic amines) is 1. The van der Waals surface area contributed by atoms with Crippen LogP contribution < -0.4 is 5.32 Å². The van der Waals surface area contributed by atoms with Gasteiger partial charge >= 0.3 is 0 Å². The Hall–Kier alpha value is -0.380. The van der Waals surface area contributed by atoms with Crippen LogP contribution >= 0.6 is 11.3 Å². The maximum Gasteiger partial charge on any atom is 0.0328 e. The monoisotopic (exact) mass is 294 g/mol. The van der Waals surface area contributed by atoms with Crippen molar-refractivity contribution in [3.8, 4) is 0 Å². The zero-order chi connectivity index (χ0) is 14.8. The fourth-order valence-electron chi connectivity index (χ4n) is 2.85. The molecular formula is C17H30N2S. The zero-order valence-electron chi connectivity index (χ0n) is 13.8. The van der Waals surface area contributed by atoms with Crippen molar-refractivity contribution in [3.05, 3.63) is 21.9 Å². The molecule has 1 aromatic rings. The molecule has 0 bridgehead atoms. The second-order valence-corrected chi connectivity index (χ2v) is 9.20. The second-order valence-electron chi connectivity index (χ2n) is 7.95. The first-order valence-electron chi connectivity index (χ1n) is 7.79. The molecule has 2 nitrogen and oxygen atoms in total. The number of piperidine rings is 1. The molecule has 1 aliphatic heterocycles. The molecular weight excluding hydrogens is 264 g/mol. The van der Waals surface area contributed by atoms with Crippen molar-refractivity contribution in [2.24, 2.45) is 5.41 Å². The highest BCUT2D eigenvalue weighted by Gasteiger charge is 2.26. The molecule has 1 aromatic heterocycles. The number of hydrogen-bond acceptors (Lipinski definition) is 3. The summed E-state index contributed by atoms with van der Waals surface area (Å²) in [7, 11) is 0. The standard InChI is InChI=1S/C17H30N2S/c1-16(2,3)18-11-14-7-8-15(20-14)12-19-10-6-9-17(4,5)13-19/h7-8,18H,6,9-13H2,1-5H3. The van der Waals surface area contributed by atoms with E-state index in [9.17, 15) is 0 Å². The molecule has 114 valence electrons. The summed E-state index contributed by atoms with van der Waals surface area (Å²) in [6.07, 6.45) is 2.71. The molecule has 2 heterocycles. The molecule has 0 atom stereocenters. The van der Waals surface area contributed by atoms with Crippen LogP contribution in [0.3, 0.4) is 0 Å². The summed E-state index contributed by atoms with van der Waals surface area (Å²) in [6, 6.07) is 4.60. The Labute approximate surface area is 128 Å². The minimum Gasteiger partial charge on any atom is -0.307 e. The van der Waals surface area contributed by atoms with E-state index in [0.717, 1.165) is 13.1 Å². The minimum atomic E-state index is 0.195. The third kappa shape index (κ3) is 5.19. The van der Waals surface area contributed by atoms with E-state index in [0.29, 0.717) is 5.41 Å². The van der Waals surface area contributed by atoms with Gasteiger partial charge in [0.05, 0.1) is 0 Å². The van der Waals surface area contributed by atoms with Crippen LogP contribution in [0.4, 0.5) is 0 Å². The fourth-order valence-corrected chi connectivity index (χ4v) is 3.85. The normalized spacial score (nSPS) is 20.2. The van der Waals surface area contributed by atoms with E-state index in [-0.39, 0.29) is 5.54 Å². The van der Waals surface area contributed by atoms with Crippen LogP contribution in [0.15, 0.2) is 12.1 Å². The number of hydrogen-bond donors (Lipinski definition) is 1. The molecule has 20 heavy (non-hydrogen) atoms. The average molecular weight is 295 g/mol. The predicted molar refractivity (Wildman–Crippen MR) is 89.2 cm³/mol. The Bertz CT molecular complexity index is 428. The summed E-state index contributed by atoms with van der Waals surface area (Å²) < 4.78 is 0. The van der Waals surface area contributed by atoms with E-state index in [1.165, 1.54) is 35.7 Å². The lowest BCUT2D eigenvalue weighted by atomic mass is 9.84. The van der Waals surface area contributed by atoms with Gasteiger partial charge in [-0.2, -0.15) is 0 Å². The SMILES string of the molecule is CC1(C)CCCN(Cc2ccc(CNC(C)(C)C)s2)C1. The highest BCUT2D eigenvalue weighted by molar-refractivity contribution is 7.11. The molecule has 0 aromatic carbocycles. The maximum absolute atomic E-state index is 3.57. The molecule has 0 aliphatic carbocycles. The van der Waals surface area contributed by atoms with Gasteiger partial charge < -0.3 is 5.32 Å². The van der Waals surface area contributed by atoms with Crippen molar-refractivity contribution in [2.75, 3.05) is 13.1 Å². The van der Waals surface area contributed by atoms with Crippen LogP contribution in [0.1, 0.15) is 57.2 Å². The molecule has 1 saturated heterocycles. The second kappa shape index (κ2) is 6.17. The molecule has 0 radical (unpaired) electrons. The van der Waals surface area contributed by atoms with Crippen molar-refractivity contribution in [3.63, 3.8) is 0 Å². The van der Waals surface area contributed by atoms with Crippen molar-refractivity contribution >= 4 is 11.3 Å². The van der Waals surface area contributed by atoms with Gasteiger partial charge in [0.25, 0.3) is 0 Å². The largest absolute Gasteiger partial charge is 0.307 e. The molecule has 1 N–H and O–H groups in total. The first-order chi connectivity index (χ1) is 9.23. The van der Waals surface area contributed by atoms with E-state index < -0.39 is 0 Å². The number of nitrogens with zero attached hydrogens (tertiary/aromatic N) is 1. The Kier molecular flexibility index (Phi) is 4.93. The van der Waals surface area contributed by atoms with Crippen molar-refractivity contribution in [1.82, 2.24) is 10.2 Å². The quantitative estimate of drug-likeness (QED) is 0.892. The van der Waals surface area contributed by atoms with Crippen LogP contribution in [-0.4, -0.2) is 23.5 Å². The zero-order valence-corrected chi connectivity index (χ0v) is 14.6. The summed E-state index contributed by atoms with van der Waals surface area (Å²) in [5.74, 6) is 0. The van der Waals surface area contributed by atoms with Crippen LogP contribution in [0.25, 0.3) is 0 Å². The third-order valence-electron chi connectivity index (χ3n) is 3.87. The van der Waals surface area contributed by atoms with Gasteiger partial charge in [-0.05, 0) is 57.7 Å². The van der Waals surface area contributed by atoms with Crippen molar-refractivity contribution in [1.29, 1.82) is 0 Å². The smallest absolute Gasteiger partial charge is 0.0328 e. The molecule has 0 unspecified atom stereocenters. The summed E-state index contributed by atoms with van der Waals surface area (Å²) in [5.41, 5.74) is 0.688. The van der Waals surface area contributed by atoms with E-state index in [1.807, 2.05) is 11.3 Å². The lowest BCUT2D eigenvalue weighted by Crippen LogP contribution is -2.39. The Morgan fingerprint density at radius 2 is 1.95 bits per heavy atom. The van der Waals surface area contributed by atoms with E-state index in [4.69, 9.17) is 0 Å². The van der Waals surface area contributed by atoms with Gasteiger partial charge in [0.15, 0.2) is 0 Å². The molecule has 1 fully saturated rings. The molecule has 2 rings (SSSR count). The van der Waals surface area contributed by atoms with Gasteiger partial charge in [0, 0.05) is 34.9 Å². The molecule has 0 saturated carbocycles. The van der Waals surface area contributed by atoms with Gasteiger partial charge in [0.1, 0.15) is 0 Å². The van der Waals surface area contributed by atoms with E-state index >= 15 is 0 Å². The van der Waals surface area contributed by atoms with Crippen molar-refractivity contribution in [2.45, 2.75) is 66.1 Å². The van der Waals surface area contributed by atoms with Gasteiger partial charge in [0.2, 0.25) is 0 Å². The van der Waals surface area contributed by atoms with Crippen LogP contribution in [0, 0.1) is 5.41 Å². The topological polar surface area (TPSA) is 15.3 Å². The first kappa shape index (κ1) is 16.0. The van der Waals surface area contributed by atoms with Crippen LogP contribution in [-0.2, 0) is 13.1 Å².